The van der Waals surface area contributed by atoms with Crippen LogP contribution in [0.15, 0.2) is 30.5 Å². The fourth-order valence-electron chi connectivity index (χ4n) is 4.23. The number of aromatic nitrogens is 1. The first-order valence-electron chi connectivity index (χ1n) is 12.7. The van der Waals surface area contributed by atoms with Crippen LogP contribution in [0.25, 0.3) is 10.4 Å². The molecule has 4 rings (SSSR count). The number of anilines is 1. The molecule has 0 bridgehead atoms. The molecule has 3 atom stereocenters. The first-order chi connectivity index (χ1) is 17.3. The van der Waals surface area contributed by atoms with Crippen LogP contribution in [0.3, 0.4) is 0 Å². The molecule has 202 valence electrons. The van der Waals surface area contributed by atoms with Crippen LogP contribution in [0.5, 0.6) is 0 Å². The summed E-state index contributed by atoms with van der Waals surface area (Å²) < 4.78 is 16.2. The molecule has 9 nitrogen and oxygen atoms in total. The third-order valence-electron chi connectivity index (χ3n) is 6.12. The number of thiazole rings is 1. The molecule has 0 aliphatic carbocycles. The van der Waals surface area contributed by atoms with Gasteiger partial charge >= 0.3 is 12.2 Å². The van der Waals surface area contributed by atoms with Gasteiger partial charge in [0.1, 0.15) is 17.3 Å². The maximum atomic E-state index is 13.0. The number of hydrogen-bond donors (Lipinski definition) is 1. The van der Waals surface area contributed by atoms with Gasteiger partial charge in [0.2, 0.25) is 0 Å². The predicted octanol–water partition coefficient (Wildman–Crippen LogP) is 4.86. The largest absolute Gasteiger partial charge is 0.509 e. The van der Waals surface area contributed by atoms with E-state index < -0.39 is 41.7 Å². The van der Waals surface area contributed by atoms with Crippen LogP contribution in [0.4, 0.5) is 14.7 Å². The number of nitrogens with zero attached hydrogens (tertiary/aromatic N) is 3. The van der Waals surface area contributed by atoms with E-state index in [1.54, 1.807) is 52.9 Å². The first kappa shape index (κ1) is 27.2. The lowest BCUT2D eigenvalue weighted by Crippen LogP contribution is -2.43. The van der Waals surface area contributed by atoms with Crippen molar-refractivity contribution < 1.29 is 28.9 Å². The quantitative estimate of drug-likeness (QED) is 0.546. The zero-order valence-corrected chi connectivity index (χ0v) is 23.2. The zero-order valence-electron chi connectivity index (χ0n) is 22.4. The van der Waals surface area contributed by atoms with Gasteiger partial charge in [-0.05, 0) is 65.5 Å². The third-order valence-corrected chi connectivity index (χ3v) is 7.23. The highest BCUT2D eigenvalue weighted by atomic mass is 32.1. The van der Waals surface area contributed by atoms with Crippen molar-refractivity contribution in [2.45, 2.75) is 83.8 Å². The number of likely N-dealkylation sites (tertiary alicyclic amines) is 1. The summed E-state index contributed by atoms with van der Waals surface area (Å²) in [5.74, 6) is 0. The number of carbonyl (C=O) groups is 2. The number of benzene rings is 1. The van der Waals surface area contributed by atoms with E-state index >= 15 is 0 Å². The molecule has 0 radical (unpaired) electrons. The molecular weight excluding hydrogens is 494 g/mol. The van der Waals surface area contributed by atoms with Crippen LogP contribution >= 0.6 is 11.3 Å². The van der Waals surface area contributed by atoms with Gasteiger partial charge in [0.05, 0.1) is 17.5 Å². The van der Waals surface area contributed by atoms with Crippen molar-refractivity contribution in [1.29, 1.82) is 0 Å². The van der Waals surface area contributed by atoms with Gasteiger partial charge in [-0.1, -0.05) is 35.6 Å². The summed E-state index contributed by atoms with van der Waals surface area (Å²) in [7, 11) is 0. The van der Waals surface area contributed by atoms with Crippen LogP contribution in [0, 0.1) is 0 Å². The monoisotopic (exact) mass is 531 g/mol. The number of aliphatic hydroxyl groups excluding tert-OH is 1. The Morgan fingerprint density at radius 1 is 1.05 bits per heavy atom. The lowest BCUT2D eigenvalue weighted by molar-refractivity contribution is -0.0486. The molecule has 1 amide bonds. The van der Waals surface area contributed by atoms with Crippen LogP contribution in [0.2, 0.25) is 0 Å². The molecule has 2 fully saturated rings. The SMILES string of the molecule is CC(C)(C)OC(=O)O[C@H]1CN(C(=O)OC(C)(C)C)[C@H](Cc2ccc(-c3cnc(N4CCC4)s3)cc2)[C@@H]1O. The van der Waals surface area contributed by atoms with Gasteiger partial charge in [-0.25, -0.2) is 14.6 Å². The number of aliphatic hydroxyl groups is 1. The van der Waals surface area contributed by atoms with Crippen LogP contribution in [-0.2, 0) is 20.6 Å². The minimum atomic E-state index is -1.10. The fraction of sp³-hybridized carbons (Fsp3) is 0.593. The second kappa shape index (κ2) is 10.5. The van der Waals surface area contributed by atoms with Gasteiger partial charge in [0, 0.05) is 19.3 Å². The third kappa shape index (κ3) is 6.93. The Balaban J connectivity index is 1.48. The Labute approximate surface area is 222 Å². The van der Waals surface area contributed by atoms with Crippen molar-refractivity contribution in [2.24, 2.45) is 0 Å². The Bertz CT molecular complexity index is 1100. The second-order valence-electron chi connectivity index (χ2n) is 11.6. The molecular formula is C27H37N3O6S. The Hall–Kier alpha value is -2.85. The molecule has 2 aliphatic heterocycles. The van der Waals surface area contributed by atoms with E-state index in [0.717, 1.165) is 34.2 Å². The second-order valence-corrected chi connectivity index (χ2v) is 12.6. The zero-order chi connectivity index (χ0) is 27.0. The van der Waals surface area contributed by atoms with E-state index in [1.165, 1.54) is 11.3 Å². The highest BCUT2D eigenvalue weighted by molar-refractivity contribution is 7.18. The van der Waals surface area contributed by atoms with Gasteiger partial charge in [-0.2, -0.15) is 0 Å². The summed E-state index contributed by atoms with van der Waals surface area (Å²) in [6, 6.07) is 7.39. The minimum absolute atomic E-state index is 0.0121. The molecule has 2 saturated heterocycles. The molecule has 2 aliphatic rings. The Kier molecular flexibility index (Phi) is 7.71. The summed E-state index contributed by atoms with van der Waals surface area (Å²) in [4.78, 5) is 34.6. The van der Waals surface area contributed by atoms with Crippen LogP contribution < -0.4 is 4.90 Å². The molecule has 1 N–H and O–H groups in total. The van der Waals surface area contributed by atoms with Crippen molar-refractivity contribution in [1.82, 2.24) is 9.88 Å². The standard InChI is InChI=1S/C27H37N3O6S/c1-26(2,3)35-24(32)30-16-20(34-25(33)36-27(4,5)6)22(31)19(30)14-17-8-10-18(11-9-17)21-15-28-23(37-21)29-12-7-13-29/h8-11,15,19-20,22,31H,7,12-14,16H2,1-6H3/t19-,20+,22+/m1/s1. The Morgan fingerprint density at radius 3 is 2.27 bits per heavy atom. The van der Waals surface area contributed by atoms with Gasteiger partial charge in [0.15, 0.2) is 11.2 Å². The normalized spacial score (nSPS) is 22.0. The van der Waals surface area contributed by atoms with Gasteiger partial charge in [-0.3, -0.25) is 4.90 Å². The summed E-state index contributed by atoms with van der Waals surface area (Å²) in [5, 5.41) is 12.1. The number of rotatable bonds is 5. The molecule has 2 aromatic rings. The van der Waals surface area contributed by atoms with Gasteiger partial charge in [0.25, 0.3) is 0 Å². The van der Waals surface area contributed by atoms with Crippen molar-refractivity contribution in [3.8, 4) is 10.4 Å². The molecule has 3 heterocycles. The topological polar surface area (TPSA) is 101 Å². The van der Waals surface area contributed by atoms with E-state index in [9.17, 15) is 14.7 Å². The van der Waals surface area contributed by atoms with E-state index in [1.807, 2.05) is 30.5 Å². The van der Waals surface area contributed by atoms with Crippen LogP contribution in [0.1, 0.15) is 53.5 Å². The Morgan fingerprint density at radius 2 is 1.70 bits per heavy atom. The average Bonchev–Trinajstić information content (AvgIpc) is 3.31. The predicted molar refractivity (Wildman–Crippen MR) is 142 cm³/mol. The van der Waals surface area contributed by atoms with Crippen molar-refractivity contribution in [2.75, 3.05) is 24.5 Å². The van der Waals surface area contributed by atoms with E-state index in [4.69, 9.17) is 14.2 Å². The molecule has 0 spiro atoms. The fourth-order valence-corrected chi connectivity index (χ4v) is 5.21. The number of carbonyl (C=O) groups excluding carboxylic acids is 2. The molecule has 0 saturated carbocycles. The van der Waals surface area contributed by atoms with Crippen molar-refractivity contribution >= 4 is 28.7 Å². The lowest BCUT2D eigenvalue weighted by atomic mass is 10.00. The smallest absolute Gasteiger partial charge is 0.444 e. The summed E-state index contributed by atoms with van der Waals surface area (Å²) >= 11 is 1.67. The maximum Gasteiger partial charge on any atom is 0.509 e. The summed E-state index contributed by atoms with van der Waals surface area (Å²) in [6.45, 7) is 12.7. The van der Waals surface area contributed by atoms with Gasteiger partial charge in [-0.15, -0.1) is 0 Å². The first-order valence-corrected chi connectivity index (χ1v) is 13.5. The van der Waals surface area contributed by atoms with E-state index in [2.05, 4.69) is 9.88 Å². The number of ether oxygens (including phenoxy) is 3. The highest BCUT2D eigenvalue weighted by Gasteiger charge is 2.47. The van der Waals surface area contributed by atoms with Crippen LogP contribution in [-0.4, -0.2) is 76.3 Å². The highest BCUT2D eigenvalue weighted by Crippen LogP contribution is 2.34. The molecule has 1 aromatic carbocycles. The molecule has 0 unspecified atom stereocenters. The molecule has 1 aromatic heterocycles. The lowest BCUT2D eigenvalue weighted by Gasteiger charge is -2.30. The van der Waals surface area contributed by atoms with Crippen molar-refractivity contribution in [3.63, 3.8) is 0 Å². The van der Waals surface area contributed by atoms with E-state index in [0.29, 0.717) is 6.42 Å². The number of amides is 1. The van der Waals surface area contributed by atoms with E-state index in [-0.39, 0.29) is 6.54 Å². The molecule has 37 heavy (non-hydrogen) atoms. The number of hydrogen-bond acceptors (Lipinski definition) is 9. The minimum Gasteiger partial charge on any atom is -0.444 e. The van der Waals surface area contributed by atoms with Crippen molar-refractivity contribution in [3.05, 3.63) is 36.0 Å². The molecule has 10 heteroatoms. The summed E-state index contributed by atoms with van der Waals surface area (Å²) in [6.07, 6.45) is 0.0113. The van der Waals surface area contributed by atoms with Gasteiger partial charge < -0.3 is 24.2 Å². The average molecular weight is 532 g/mol. The maximum absolute atomic E-state index is 13.0. The summed E-state index contributed by atoms with van der Waals surface area (Å²) in [5.41, 5.74) is 0.560.